The van der Waals surface area contributed by atoms with Gasteiger partial charge in [0.2, 0.25) is 0 Å². The minimum atomic E-state index is -0.0911. The lowest BCUT2D eigenvalue weighted by Gasteiger charge is -2.19. The third kappa shape index (κ3) is 4.43. The normalized spacial score (nSPS) is 16.3. The van der Waals surface area contributed by atoms with E-state index in [1.807, 2.05) is 12.1 Å². The van der Waals surface area contributed by atoms with E-state index < -0.39 is 0 Å². The first-order valence-electron chi connectivity index (χ1n) is 7.82. The second-order valence-electron chi connectivity index (χ2n) is 6.13. The number of pyridine rings is 1. The Morgan fingerprint density at radius 1 is 1.38 bits per heavy atom. The number of rotatable bonds is 6. The molecule has 0 saturated carbocycles. The first-order chi connectivity index (χ1) is 10.1. The van der Waals surface area contributed by atoms with E-state index >= 15 is 0 Å². The summed E-state index contributed by atoms with van der Waals surface area (Å²) in [5.41, 5.74) is 6.31. The maximum atomic E-state index is 12.2. The van der Waals surface area contributed by atoms with E-state index in [4.69, 9.17) is 5.73 Å². The van der Waals surface area contributed by atoms with Gasteiger partial charge in [-0.1, -0.05) is 13.8 Å². The van der Waals surface area contributed by atoms with Crippen LogP contribution in [-0.2, 0) is 0 Å². The number of carbonyl (C=O) groups excluding carboxylic acids is 1. The summed E-state index contributed by atoms with van der Waals surface area (Å²) in [5, 5.41) is 2.99. The molecule has 1 aliphatic rings. The van der Waals surface area contributed by atoms with Crippen molar-refractivity contribution >= 4 is 11.7 Å². The number of amides is 1. The Kier molecular flexibility index (Phi) is 5.56. The number of nitrogens with one attached hydrogen (secondary N) is 1. The van der Waals surface area contributed by atoms with Crippen molar-refractivity contribution in [3.8, 4) is 0 Å². The molecule has 5 heteroatoms. The SMILES string of the molecule is CC(C)CC(CN)NC(=O)c1ccc(N2CCCC2)nc1. The lowest BCUT2D eigenvalue weighted by atomic mass is 10.0. The molecule has 0 aromatic carbocycles. The molecule has 1 aromatic heterocycles. The zero-order valence-corrected chi connectivity index (χ0v) is 13.0. The highest BCUT2D eigenvalue weighted by atomic mass is 16.1. The van der Waals surface area contributed by atoms with Gasteiger partial charge in [0.05, 0.1) is 5.56 Å². The number of nitrogens with two attached hydrogens (primary N) is 1. The average molecular weight is 290 g/mol. The monoisotopic (exact) mass is 290 g/mol. The first-order valence-corrected chi connectivity index (χ1v) is 7.82. The molecule has 0 spiro atoms. The number of carbonyl (C=O) groups is 1. The quantitative estimate of drug-likeness (QED) is 0.838. The van der Waals surface area contributed by atoms with Gasteiger partial charge in [-0.25, -0.2) is 4.98 Å². The van der Waals surface area contributed by atoms with Crippen molar-refractivity contribution in [3.05, 3.63) is 23.9 Å². The summed E-state index contributed by atoms with van der Waals surface area (Å²) in [7, 11) is 0. The lowest BCUT2D eigenvalue weighted by Crippen LogP contribution is -2.41. The van der Waals surface area contributed by atoms with Crippen molar-refractivity contribution in [2.45, 2.75) is 39.2 Å². The van der Waals surface area contributed by atoms with Crippen LogP contribution in [0.15, 0.2) is 18.3 Å². The van der Waals surface area contributed by atoms with Gasteiger partial charge in [0.15, 0.2) is 0 Å². The topological polar surface area (TPSA) is 71.2 Å². The molecule has 116 valence electrons. The van der Waals surface area contributed by atoms with Crippen LogP contribution in [0.25, 0.3) is 0 Å². The second kappa shape index (κ2) is 7.41. The predicted octanol–water partition coefficient (Wildman–Crippen LogP) is 1.78. The van der Waals surface area contributed by atoms with Crippen LogP contribution in [0, 0.1) is 5.92 Å². The van der Waals surface area contributed by atoms with E-state index in [1.54, 1.807) is 6.20 Å². The standard InChI is InChI=1S/C16H26N4O/c1-12(2)9-14(10-17)19-16(21)13-5-6-15(18-11-13)20-7-3-4-8-20/h5-6,11-12,14H,3-4,7-10,17H2,1-2H3,(H,19,21). The Morgan fingerprint density at radius 2 is 2.10 bits per heavy atom. The molecule has 1 aromatic rings. The summed E-state index contributed by atoms with van der Waals surface area (Å²) in [5.74, 6) is 1.38. The zero-order valence-electron chi connectivity index (χ0n) is 13.0. The molecule has 21 heavy (non-hydrogen) atoms. The van der Waals surface area contributed by atoms with Crippen LogP contribution in [0.1, 0.15) is 43.5 Å². The molecule has 1 saturated heterocycles. The average Bonchev–Trinajstić information content (AvgIpc) is 3.00. The maximum Gasteiger partial charge on any atom is 0.253 e. The Labute approximate surface area is 126 Å². The number of aromatic nitrogens is 1. The van der Waals surface area contributed by atoms with E-state index in [0.29, 0.717) is 18.0 Å². The molecule has 3 N–H and O–H groups in total. The highest BCUT2D eigenvalue weighted by Crippen LogP contribution is 2.17. The molecular formula is C16H26N4O. The Balaban J connectivity index is 1.95. The molecule has 1 amide bonds. The van der Waals surface area contributed by atoms with Gasteiger partial charge < -0.3 is 16.0 Å². The molecule has 0 radical (unpaired) electrons. The molecule has 5 nitrogen and oxygen atoms in total. The van der Waals surface area contributed by atoms with Crippen LogP contribution in [0.3, 0.4) is 0 Å². The molecule has 1 atom stereocenters. The maximum absolute atomic E-state index is 12.2. The van der Waals surface area contributed by atoms with Gasteiger partial charge in [-0.15, -0.1) is 0 Å². The lowest BCUT2D eigenvalue weighted by molar-refractivity contribution is 0.0933. The van der Waals surface area contributed by atoms with E-state index in [1.165, 1.54) is 12.8 Å². The van der Waals surface area contributed by atoms with Crippen LogP contribution in [0.4, 0.5) is 5.82 Å². The summed E-state index contributed by atoms with van der Waals surface area (Å²) in [6.45, 7) is 6.83. The van der Waals surface area contributed by atoms with Crippen molar-refractivity contribution in [2.24, 2.45) is 11.7 Å². The van der Waals surface area contributed by atoms with Gasteiger partial charge in [0.1, 0.15) is 5.82 Å². The molecule has 0 bridgehead atoms. The fourth-order valence-corrected chi connectivity index (χ4v) is 2.71. The smallest absolute Gasteiger partial charge is 0.253 e. The Morgan fingerprint density at radius 3 is 2.62 bits per heavy atom. The van der Waals surface area contributed by atoms with Crippen LogP contribution in [-0.4, -0.2) is 36.6 Å². The van der Waals surface area contributed by atoms with Gasteiger partial charge >= 0.3 is 0 Å². The first kappa shape index (κ1) is 15.8. The van der Waals surface area contributed by atoms with Crippen molar-refractivity contribution in [2.75, 3.05) is 24.5 Å². The molecule has 1 unspecified atom stereocenters. The Bertz CT molecular complexity index is 452. The fourth-order valence-electron chi connectivity index (χ4n) is 2.71. The summed E-state index contributed by atoms with van der Waals surface area (Å²) in [4.78, 5) is 18.9. The van der Waals surface area contributed by atoms with E-state index in [9.17, 15) is 4.79 Å². The summed E-state index contributed by atoms with van der Waals surface area (Å²) >= 11 is 0. The minimum Gasteiger partial charge on any atom is -0.357 e. The van der Waals surface area contributed by atoms with Gasteiger partial charge in [-0.2, -0.15) is 0 Å². The predicted molar refractivity (Wildman–Crippen MR) is 85.4 cm³/mol. The van der Waals surface area contributed by atoms with Gasteiger partial charge in [0, 0.05) is 31.9 Å². The van der Waals surface area contributed by atoms with E-state index in [2.05, 4.69) is 29.0 Å². The van der Waals surface area contributed by atoms with Crippen LogP contribution >= 0.6 is 0 Å². The zero-order chi connectivity index (χ0) is 15.2. The second-order valence-corrected chi connectivity index (χ2v) is 6.13. The highest BCUT2D eigenvalue weighted by molar-refractivity contribution is 5.94. The fraction of sp³-hybridized carbons (Fsp3) is 0.625. The highest BCUT2D eigenvalue weighted by Gasteiger charge is 2.16. The van der Waals surface area contributed by atoms with Crippen molar-refractivity contribution in [3.63, 3.8) is 0 Å². The molecule has 1 aliphatic heterocycles. The summed E-state index contributed by atoms with van der Waals surface area (Å²) in [6, 6.07) is 3.80. The molecule has 1 fully saturated rings. The van der Waals surface area contributed by atoms with Gasteiger partial charge in [-0.3, -0.25) is 4.79 Å². The molecule has 2 heterocycles. The van der Waals surface area contributed by atoms with Crippen LogP contribution < -0.4 is 16.0 Å². The third-order valence-electron chi connectivity index (χ3n) is 3.82. The van der Waals surface area contributed by atoms with Crippen molar-refractivity contribution in [1.29, 1.82) is 0 Å². The number of nitrogens with zero attached hydrogens (tertiary/aromatic N) is 2. The van der Waals surface area contributed by atoms with E-state index in [-0.39, 0.29) is 11.9 Å². The largest absolute Gasteiger partial charge is 0.357 e. The summed E-state index contributed by atoms with van der Waals surface area (Å²) in [6.07, 6.45) is 4.99. The molecule has 2 rings (SSSR count). The van der Waals surface area contributed by atoms with Crippen molar-refractivity contribution < 1.29 is 4.79 Å². The molecule has 0 aliphatic carbocycles. The third-order valence-corrected chi connectivity index (χ3v) is 3.82. The number of hydrogen-bond acceptors (Lipinski definition) is 4. The van der Waals surface area contributed by atoms with Gasteiger partial charge in [-0.05, 0) is 37.3 Å². The summed E-state index contributed by atoms with van der Waals surface area (Å²) < 4.78 is 0. The van der Waals surface area contributed by atoms with Gasteiger partial charge in [0.25, 0.3) is 5.91 Å². The molecular weight excluding hydrogens is 264 g/mol. The minimum absolute atomic E-state index is 0.0239. The van der Waals surface area contributed by atoms with Crippen molar-refractivity contribution in [1.82, 2.24) is 10.3 Å². The number of anilines is 1. The Hall–Kier alpha value is -1.62. The van der Waals surface area contributed by atoms with Crippen LogP contribution in [0.5, 0.6) is 0 Å². The van der Waals surface area contributed by atoms with Crippen LogP contribution in [0.2, 0.25) is 0 Å². The number of hydrogen-bond donors (Lipinski definition) is 2. The van der Waals surface area contributed by atoms with E-state index in [0.717, 1.165) is 25.3 Å².